The summed E-state index contributed by atoms with van der Waals surface area (Å²) < 4.78 is 29.4. The number of ether oxygens (including phenoxy) is 5. The maximum absolute atomic E-state index is 13.6. The molecule has 4 aliphatic rings. The number of carbonyl (C=O) groups excluding carboxylic acids is 4. The van der Waals surface area contributed by atoms with Crippen molar-refractivity contribution < 1.29 is 53.1 Å². The fourth-order valence-electron chi connectivity index (χ4n) is 6.30. The third kappa shape index (κ3) is 5.03. The number of hydrogen-bond acceptors (Lipinski definition) is 11. The highest BCUT2D eigenvalue weighted by Crippen LogP contribution is 2.47. The van der Waals surface area contributed by atoms with Crippen LogP contribution in [0.3, 0.4) is 0 Å². The van der Waals surface area contributed by atoms with E-state index in [1.807, 2.05) is 0 Å². The van der Waals surface area contributed by atoms with E-state index in [1.54, 1.807) is 19.9 Å². The van der Waals surface area contributed by atoms with E-state index in [0.29, 0.717) is 18.1 Å². The number of fused-ring (bicyclic) bond motifs is 1. The summed E-state index contributed by atoms with van der Waals surface area (Å²) in [4.78, 5) is 48.5. The van der Waals surface area contributed by atoms with Crippen molar-refractivity contribution in [2.75, 3.05) is 13.7 Å². The first-order valence-electron chi connectivity index (χ1n) is 12.9. The summed E-state index contributed by atoms with van der Waals surface area (Å²) in [5.41, 5.74) is -0.962. The second kappa shape index (κ2) is 11.1. The number of aliphatic hydroxyl groups excluding tert-OH is 1. The van der Waals surface area contributed by atoms with Crippen LogP contribution < -0.4 is 0 Å². The summed E-state index contributed by atoms with van der Waals surface area (Å²) in [6.07, 6.45) is -0.680. The van der Waals surface area contributed by atoms with Crippen molar-refractivity contribution in [3.8, 4) is 0 Å². The van der Waals surface area contributed by atoms with Crippen LogP contribution in [0.4, 0.5) is 0 Å². The fourth-order valence-corrected chi connectivity index (χ4v) is 6.30. The van der Waals surface area contributed by atoms with Crippen LogP contribution in [0.5, 0.6) is 0 Å². The molecule has 4 rings (SSSR count). The SMILES string of the molecule is CO[C@@H]1C(C)=C[C@@H](C(=O)O[C@H]2C[C@@H](CC=O)O[C@]3(C2)C[C@H](O)[C@H](C)[C@@H](C(C)=O)O3)[C@]2(O)/C(=C/C=O)CO[C@H]12. The molecule has 0 radical (unpaired) electrons. The van der Waals surface area contributed by atoms with Gasteiger partial charge in [0.25, 0.3) is 0 Å². The number of methoxy groups -OCH3 is 1. The van der Waals surface area contributed by atoms with Gasteiger partial charge in [-0.1, -0.05) is 13.0 Å². The number of Topliss-reactive ketones (excluding diaryl/α,β-unsaturated/α-hetero) is 1. The molecule has 0 saturated carbocycles. The molecular formula is C27H36O11. The van der Waals surface area contributed by atoms with Gasteiger partial charge in [0.15, 0.2) is 11.6 Å². The third-order valence-electron chi connectivity index (χ3n) is 8.21. The van der Waals surface area contributed by atoms with Gasteiger partial charge < -0.3 is 38.7 Å². The van der Waals surface area contributed by atoms with Gasteiger partial charge in [0.05, 0.1) is 18.8 Å². The Kier molecular flexibility index (Phi) is 8.37. The van der Waals surface area contributed by atoms with Gasteiger partial charge in [-0.05, 0) is 31.1 Å². The van der Waals surface area contributed by atoms with E-state index >= 15 is 0 Å². The number of carbonyl (C=O) groups is 4. The molecule has 1 spiro atoms. The van der Waals surface area contributed by atoms with E-state index < -0.39 is 65.8 Å². The monoisotopic (exact) mass is 536 g/mol. The molecule has 11 heteroatoms. The highest BCUT2D eigenvalue weighted by Gasteiger charge is 2.60. The Morgan fingerprint density at radius 1 is 1.24 bits per heavy atom. The molecule has 0 aromatic carbocycles. The predicted octanol–water partition coefficient (Wildman–Crippen LogP) is 0.584. The summed E-state index contributed by atoms with van der Waals surface area (Å²) in [6.45, 7) is 4.78. The van der Waals surface area contributed by atoms with E-state index in [-0.39, 0.29) is 43.6 Å². The quantitative estimate of drug-likeness (QED) is 0.203. The van der Waals surface area contributed by atoms with Crippen LogP contribution in [-0.2, 0) is 42.9 Å². The maximum atomic E-state index is 13.6. The van der Waals surface area contributed by atoms with Crippen LogP contribution in [-0.4, -0.2) is 96.3 Å². The second-order valence-electron chi connectivity index (χ2n) is 10.8. The zero-order valence-corrected chi connectivity index (χ0v) is 22.0. The molecule has 0 aromatic heterocycles. The average molecular weight is 537 g/mol. The minimum atomic E-state index is -1.87. The Hall–Kier alpha value is -2.28. The molecule has 0 bridgehead atoms. The predicted molar refractivity (Wildman–Crippen MR) is 130 cm³/mol. The van der Waals surface area contributed by atoms with Crippen LogP contribution in [0.1, 0.15) is 46.5 Å². The van der Waals surface area contributed by atoms with E-state index in [9.17, 15) is 29.4 Å². The zero-order valence-electron chi connectivity index (χ0n) is 22.0. The Bertz CT molecular complexity index is 1020. The van der Waals surface area contributed by atoms with Crippen LogP contribution >= 0.6 is 0 Å². The first-order valence-corrected chi connectivity index (χ1v) is 12.9. The topological polar surface area (TPSA) is 155 Å². The minimum Gasteiger partial charge on any atom is -0.462 e. The number of aldehydes is 2. The Morgan fingerprint density at radius 2 is 1.97 bits per heavy atom. The molecule has 3 saturated heterocycles. The van der Waals surface area contributed by atoms with E-state index in [1.165, 1.54) is 20.1 Å². The van der Waals surface area contributed by atoms with E-state index in [4.69, 9.17) is 23.7 Å². The molecule has 38 heavy (non-hydrogen) atoms. The number of allylic oxidation sites excluding steroid dienone is 1. The van der Waals surface area contributed by atoms with Gasteiger partial charge in [-0.25, -0.2) is 0 Å². The lowest BCUT2D eigenvalue weighted by Crippen LogP contribution is -2.60. The standard InChI is InChI=1S/C27H36O11/c1-14-9-20(27(33)17(5-7-28)13-35-24(27)22(14)34-4)25(32)36-19-10-18(6-8-29)37-26(11-19)12-21(31)15(2)23(38-26)16(3)30/h5,7-9,15,18-24,31,33H,6,10-13H2,1-4H3/b17-5+/t15-,18+,19-,20-,21-,22+,23-,24+,26-,27+/m0/s1. The highest BCUT2D eigenvalue weighted by molar-refractivity contribution is 5.81. The second-order valence-corrected chi connectivity index (χ2v) is 10.8. The molecule has 11 nitrogen and oxygen atoms in total. The van der Waals surface area contributed by atoms with Crippen LogP contribution in [0.25, 0.3) is 0 Å². The molecule has 0 aromatic rings. The van der Waals surface area contributed by atoms with Crippen molar-refractivity contribution in [3.63, 3.8) is 0 Å². The molecule has 2 N–H and O–H groups in total. The summed E-state index contributed by atoms with van der Waals surface area (Å²) in [5.74, 6) is -4.12. The summed E-state index contributed by atoms with van der Waals surface area (Å²) >= 11 is 0. The molecule has 0 unspecified atom stereocenters. The lowest BCUT2D eigenvalue weighted by atomic mass is 9.71. The van der Waals surface area contributed by atoms with E-state index in [0.717, 1.165) is 0 Å². The lowest BCUT2D eigenvalue weighted by molar-refractivity contribution is -0.342. The molecule has 210 valence electrons. The van der Waals surface area contributed by atoms with Crippen molar-refractivity contribution in [1.29, 1.82) is 0 Å². The molecule has 3 fully saturated rings. The molecule has 3 heterocycles. The number of esters is 1. The fraction of sp³-hybridized carbons (Fsp3) is 0.704. The number of rotatable bonds is 7. The van der Waals surface area contributed by atoms with Crippen molar-refractivity contribution in [3.05, 3.63) is 23.3 Å². The van der Waals surface area contributed by atoms with Gasteiger partial charge in [0, 0.05) is 38.7 Å². The molecule has 1 aliphatic carbocycles. The first-order chi connectivity index (χ1) is 18.0. The Morgan fingerprint density at radius 3 is 2.61 bits per heavy atom. The summed E-state index contributed by atoms with van der Waals surface area (Å²) in [5, 5.41) is 22.5. The molecule has 10 atom stereocenters. The smallest absolute Gasteiger partial charge is 0.316 e. The Balaban J connectivity index is 1.62. The van der Waals surface area contributed by atoms with Gasteiger partial charge in [-0.15, -0.1) is 0 Å². The average Bonchev–Trinajstić information content (AvgIpc) is 3.18. The Labute approximate surface area is 221 Å². The highest BCUT2D eigenvalue weighted by atomic mass is 16.7. The van der Waals surface area contributed by atoms with Crippen molar-refractivity contribution in [2.45, 2.75) is 94.5 Å². The van der Waals surface area contributed by atoms with Crippen molar-refractivity contribution in [1.82, 2.24) is 0 Å². The first kappa shape index (κ1) is 28.7. The van der Waals surface area contributed by atoms with Gasteiger partial charge in [-0.3, -0.25) is 14.4 Å². The maximum Gasteiger partial charge on any atom is 0.316 e. The minimum absolute atomic E-state index is 0.000419. The molecule has 0 amide bonds. The molecular weight excluding hydrogens is 500 g/mol. The van der Waals surface area contributed by atoms with Gasteiger partial charge in [0.2, 0.25) is 0 Å². The van der Waals surface area contributed by atoms with Crippen molar-refractivity contribution >= 4 is 24.3 Å². The van der Waals surface area contributed by atoms with Gasteiger partial charge in [-0.2, -0.15) is 0 Å². The largest absolute Gasteiger partial charge is 0.462 e. The normalized spacial score (nSPS) is 43.8. The van der Waals surface area contributed by atoms with Gasteiger partial charge in [0.1, 0.15) is 48.5 Å². The van der Waals surface area contributed by atoms with E-state index in [2.05, 4.69) is 0 Å². The summed E-state index contributed by atoms with van der Waals surface area (Å²) in [7, 11) is 1.47. The van der Waals surface area contributed by atoms with Gasteiger partial charge >= 0.3 is 5.97 Å². The van der Waals surface area contributed by atoms with Crippen LogP contribution in [0.15, 0.2) is 23.3 Å². The zero-order chi connectivity index (χ0) is 27.8. The third-order valence-corrected chi connectivity index (χ3v) is 8.21. The van der Waals surface area contributed by atoms with Crippen LogP contribution in [0.2, 0.25) is 0 Å². The molecule has 3 aliphatic heterocycles. The summed E-state index contributed by atoms with van der Waals surface area (Å²) in [6, 6.07) is 0. The van der Waals surface area contributed by atoms with Crippen molar-refractivity contribution in [2.24, 2.45) is 11.8 Å². The number of hydrogen-bond donors (Lipinski definition) is 2. The number of aliphatic hydroxyl groups is 2. The number of ketones is 1. The lowest BCUT2D eigenvalue weighted by Gasteiger charge is -2.50. The van der Waals surface area contributed by atoms with Crippen LogP contribution in [0, 0.1) is 11.8 Å².